The average Bonchev–Trinajstić information content (AvgIpc) is 3.21. The molecule has 3 heterocycles. The van der Waals surface area contributed by atoms with E-state index in [1.165, 1.54) is 4.31 Å². The number of aryl methyl sites for hydroxylation is 1. The molecule has 1 atom stereocenters. The lowest BCUT2D eigenvalue weighted by atomic mass is 10.1. The van der Waals surface area contributed by atoms with E-state index >= 15 is 0 Å². The molecular formula is C17H20ClN5O3S. The molecule has 0 bridgehead atoms. The molecule has 1 amide bonds. The number of hydrogen-bond acceptors (Lipinski definition) is 5. The van der Waals surface area contributed by atoms with Crippen molar-refractivity contribution >= 4 is 27.5 Å². The minimum atomic E-state index is -3.52. The van der Waals surface area contributed by atoms with Crippen molar-refractivity contribution in [3.05, 3.63) is 47.0 Å². The van der Waals surface area contributed by atoms with E-state index in [4.69, 9.17) is 11.6 Å². The van der Waals surface area contributed by atoms with Gasteiger partial charge in [-0.05, 0) is 31.0 Å². The molecule has 2 aliphatic rings. The fourth-order valence-corrected chi connectivity index (χ4v) is 5.93. The summed E-state index contributed by atoms with van der Waals surface area (Å²) in [5.41, 5.74) is 0.469. The number of halogens is 1. The summed E-state index contributed by atoms with van der Waals surface area (Å²) in [6.07, 6.45) is 3.09. The highest BCUT2D eigenvalue weighted by atomic mass is 35.5. The van der Waals surface area contributed by atoms with Crippen LogP contribution < -0.4 is 0 Å². The molecule has 4 rings (SSSR count). The quantitative estimate of drug-likeness (QED) is 0.762. The van der Waals surface area contributed by atoms with Crippen LogP contribution >= 0.6 is 11.6 Å². The van der Waals surface area contributed by atoms with E-state index in [9.17, 15) is 13.2 Å². The maximum absolute atomic E-state index is 13.1. The van der Waals surface area contributed by atoms with Crippen LogP contribution in [-0.4, -0.2) is 63.2 Å². The summed E-state index contributed by atoms with van der Waals surface area (Å²) < 4.78 is 29.5. The molecule has 0 radical (unpaired) electrons. The Labute approximate surface area is 162 Å². The first kappa shape index (κ1) is 18.4. The minimum absolute atomic E-state index is 0.190. The molecule has 0 unspecified atom stereocenters. The number of aromatic nitrogens is 3. The van der Waals surface area contributed by atoms with Crippen molar-refractivity contribution in [2.45, 2.75) is 24.1 Å². The predicted molar refractivity (Wildman–Crippen MR) is 99.7 cm³/mol. The minimum Gasteiger partial charge on any atom is -0.336 e. The van der Waals surface area contributed by atoms with Crippen molar-refractivity contribution in [3.63, 3.8) is 0 Å². The van der Waals surface area contributed by atoms with E-state index in [-0.39, 0.29) is 25.0 Å². The van der Waals surface area contributed by atoms with E-state index in [1.54, 1.807) is 40.1 Å². The van der Waals surface area contributed by atoms with Crippen molar-refractivity contribution in [2.75, 3.05) is 19.6 Å². The van der Waals surface area contributed by atoms with Crippen LogP contribution in [0.25, 0.3) is 0 Å². The maximum atomic E-state index is 13.1. The van der Waals surface area contributed by atoms with Crippen LogP contribution in [-0.2, 0) is 17.1 Å². The van der Waals surface area contributed by atoms with Crippen LogP contribution in [0.5, 0.6) is 0 Å². The molecule has 2 aliphatic heterocycles. The molecule has 144 valence electrons. The molecule has 2 saturated heterocycles. The molecular weight excluding hydrogens is 390 g/mol. The topological polar surface area (TPSA) is 88.4 Å². The third-order valence-electron chi connectivity index (χ3n) is 5.20. The van der Waals surface area contributed by atoms with Gasteiger partial charge in [-0.25, -0.2) is 8.42 Å². The molecule has 0 N–H and O–H groups in total. The number of benzene rings is 1. The number of amides is 1. The first-order valence-corrected chi connectivity index (χ1v) is 10.7. The summed E-state index contributed by atoms with van der Waals surface area (Å²) >= 11 is 5.93. The van der Waals surface area contributed by atoms with Gasteiger partial charge in [0, 0.05) is 37.3 Å². The Bertz CT molecular complexity index is 970. The van der Waals surface area contributed by atoms with Crippen molar-refractivity contribution in [2.24, 2.45) is 7.05 Å². The van der Waals surface area contributed by atoms with E-state index in [0.29, 0.717) is 23.0 Å². The molecule has 0 saturated carbocycles. The zero-order valence-corrected chi connectivity index (χ0v) is 16.4. The lowest BCUT2D eigenvalue weighted by Gasteiger charge is -2.41. The van der Waals surface area contributed by atoms with E-state index < -0.39 is 15.3 Å². The Kier molecular flexibility index (Phi) is 4.69. The number of hydrogen-bond donors (Lipinski definition) is 0. The Morgan fingerprint density at radius 3 is 2.74 bits per heavy atom. The molecule has 2 aromatic rings. The van der Waals surface area contributed by atoms with E-state index in [0.717, 1.165) is 12.8 Å². The largest absolute Gasteiger partial charge is 0.336 e. The van der Waals surface area contributed by atoms with Crippen LogP contribution in [0.4, 0.5) is 0 Å². The summed E-state index contributed by atoms with van der Waals surface area (Å²) in [6.45, 7) is 0.851. The number of nitrogens with zero attached hydrogens (tertiary/aromatic N) is 5. The van der Waals surface area contributed by atoms with Gasteiger partial charge >= 0.3 is 0 Å². The van der Waals surface area contributed by atoms with Crippen molar-refractivity contribution in [1.82, 2.24) is 24.0 Å². The Morgan fingerprint density at radius 2 is 2.07 bits per heavy atom. The Morgan fingerprint density at radius 1 is 1.30 bits per heavy atom. The number of carbonyl (C=O) groups excluding carboxylic acids is 1. The monoisotopic (exact) mass is 409 g/mol. The third kappa shape index (κ3) is 3.24. The SMILES string of the molecule is Cn1cnnc1[C@H]1CCCN1S(=O)(=O)C1CN(C(=O)c2cccc(Cl)c2)C1. The van der Waals surface area contributed by atoms with Crippen LogP contribution in [0.2, 0.25) is 5.02 Å². The standard InChI is InChI=1S/C17H20ClN5O3S/c1-21-11-19-20-16(21)15-6-3-7-23(15)27(25,26)14-9-22(10-14)17(24)12-4-2-5-13(18)8-12/h2,4-5,8,11,14-15H,3,6-7,9-10H2,1H3/t15-/m1/s1. The fraction of sp³-hybridized carbons (Fsp3) is 0.471. The molecule has 2 fully saturated rings. The second-order valence-electron chi connectivity index (χ2n) is 6.96. The maximum Gasteiger partial charge on any atom is 0.253 e. The van der Waals surface area contributed by atoms with Gasteiger partial charge in [0.25, 0.3) is 5.91 Å². The second-order valence-corrected chi connectivity index (χ2v) is 9.56. The molecule has 8 nitrogen and oxygen atoms in total. The summed E-state index contributed by atoms with van der Waals surface area (Å²) in [4.78, 5) is 14.0. The average molecular weight is 410 g/mol. The molecule has 1 aromatic carbocycles. The van der Waals surface area contributed by atoms with Gasteiger partial charge in [-0.1, -0.05) is 17.7 Å². The van der Waals surface area contributed by atoms with Gasteiger partial charge in [-0.3, -0.25) is 4.79 Å². The zero-order chi connectivity index (χ0) is 19.2. The Balaban J connectivity index is 1.47. The highest BCUT2D eigenvalue weighted by Crippen LogP contribution is 2.36. The molecule has 10 heteroatoms. The normalized spacial score (nSPS) is 21.4. The number of likely N-dealkylation sites (tertiary alicyclic amines) is 1. The summed E-state index contributed by atoms with van der Waals surface area (Å²) in [5.74, 6) is 0.456. The first-order valence-electron chi connectivity index (χ1n) is 8.77. The van der Waals surface area contributed by atoms with Crippen LogP contribution in [0.15, 0.2) is 30.6 Å². The zero-order valence-electron chi connectivity index (χ0n) is 14.8. The lowest BCUT2D eigenvalue weighted by Crippen LogP contribution is -2.59. The van der Waals surface area contributed by atoms with Crippen molar-refractivity contribution < 1.29 is 13.2 Å². The Hall–Kier alpha value is -1.97. The molecule has 0 aliphatic carbocycles. The highest BCUT2D eigenvalue weighted by molar-refractivity contribution is 7.89. The van der Waals surface area contributed by atoms with Gasteiger partial charge in [0.15, 0.2) is 5.82 Å². The molecule has 0 spiro atoms. The van der Waals surface area contributed by atoms with Crippen LogP contribution in [0.3, 0.4) is 0 Å². The first-order chi connectivity index (χ1) is 12.9. The molecule has 27 heavy (non-hydrogen) atoms. The van der Waals surface area contributed by atoms with Crippen LogP contribution in [0.1, 0.15) is 35.1 Å². The highest BCUT2D eigenvalue weighted by Gasteiger charge is 2.47. The lowest BCUT2D eigenvalue weighted by molar-refractivity contribution is 0.0654. The van der Waals surface area contributed by atoms with E-state index in [1.807, 2.05) is 7.05 Å². The fourth-order valence-electron chi connectivity index (χ4n) is 3.68. The van der Waals surface area contributed by atoms with E-state index in [2.05, 4.69) is 10.2 Å². The van der Waals surface area contributed by atoms with Gasteiger partial charge in [0.2, 0.25) is 10.0 Å². The number of sulfonamides is 1. The third-order valence-corrected chi connectivity index (χ3v) is 7.67. The second kappa shape index (κ2) is 6.88. The van der Waals surface area contributed by atoms with Crippen molar-refractivity contribution in [3.8, 4) is 0 Å². The smallest absolute Gasteiger partial charge is 0.253 e. The van der Waals surface area contributed by atoms with Gasteiger partial charge < -0.3 is 9.47 Å². The summed E-state index contributed by atoms with van der Waals surface area (Å²) in [5, 5.41) is 7.84. The van der Waals surface area contributed by atoms with Gasteiger partial charge in [-0.15, -0.1) is 10.2 Å². The summed E-state index contributed by atoms with van der Waals surface area (Å²) in [7, 11) is -1.71. The molecule has 1 aromatic heterocycles. The van der Waals surface area contributed by atoms with Crippen LogP contribution in [0, 0.1) is 0 Å². The van der Waals surface area contributed by atoms with Gasteiger partial charge in [0.05, 0.1) is 6.04 Å². The predicted octanol–water partition coefficient (Wildman–Crippen LogP) is 1.46. The van der Waals surface area contributed by atoms with Gasteiger partial charge in [-0.2, -0.15) is 4.31 Å². The summed E-state index contributed by atoms with van der Waals surface area (Å²) in [6, 6.07) is 6.39. The van der Waals surface area contributed by atoms with Crippen molar-refractivity contribution in [1.29, 1.82) is 0 Å². The number of carbonyl (C=O) groups is 1. The number of rotatable bonds is 4. The van der Waals surface area contributed by atoms with Gasteiger partial charge in [0.1, 0.15) is 11.6 Å².